The molecule has 3 nitrogen and oxygen atoms in total. The summed E-state index contributed by atoms with van der Waals surface area (Å²) in [4.78, 5) is 4.36. The van der Waals surface area contributed by atoms with E-state index >= 15 is 0 Å². The van der Waals surface area contributed by atoms with Crippen LogP contribution in [0.15, 0.2) is 12.3 Å². The molecule has 1 atom stereocenters. The molecule has 3 heteroatoms. The summed E-state index contributed by atoms with van der Waals surface area (Å²) in [5, 5.41) is 10.2. The normalized spacial score (nSPS) is 19.2. The molecular formula is C14H21NO2. The van der Waals surface area contributed by atoms with E-state index in [1.807, 2.05) is 20.0 Å². The number of hydrogen-bond acceptors (Lipinski definition) is 3. The van der Waals surface area contributed by atoms with Crippen molar-refractivity contribution >= 4 is 0 Å². The Balaban J connectivity index is 2.00. The molecule has 2 rings (SSSR count). The molecule has 1 aliphatic rings. The number of hydrogen-bond donors (Lipinski definition) is 1. The monoisotopic (exact) mass is 235 g/mol. The van der Waals surface area contributed by atoms with Crippen molar-refractivity contribution in [3.8, 4) is 0 Å². The second-order valence-electron chi connectivity index (χ2n) is 5.02. The van der Waals surface area contributed by atoms with Gasteiger partial charge in [-0.2, -0.15) is 0 Å². The van der Waals surface area contributed by atoms with E-state index in [0.29, 0.717) is 5.92 Å². The molecule has 1 saturated heterocycles. The average molecular weight is 235 g/mol. The van der Waals surface area contributed by atoms with Crippen molar-refractivity contribution in [1.82, 2.24) is 4.98 Å². The summed E-state index contributed by atoms with van der Waals surface area (Å²) in [6.07, 6.45) is 4.32. The van der Waals surface area contributed by atoms with Crippen LogP contribution in [0.1, 0.15) is 42.2 Å². The van der Waals surface area contributed by atoms with E-state index in [0.717, 1.165) is 49.3 Å². The second kappa shape index (κ2) is 5.61. The number of ether oxygens (including phenoxy) is 1. The van der Waals surface area contributed by atoms with Gasteiger partial charge in [0, 0.05) is 19.4 Å². The first-order chi connectivity index (χ1) is 8.16. The highest BCUT2D eigenvalue weighted by Crippen LogP contribution is 2.28. The first kappa shape index (κ1) is 12.5. The van der Waals surface area contributed by atoms with E-state index in [1.165, 1.54) is 0 Å². The number of aliphatic hydroxyl groups excluding tert-OH is 1. The minimum absolute atomic E-state index is 0.432. The summed E-state index contributed by atoms with van der Waals surface area (Å²) < 4.78 is 5.33. The van der Waals surface area contributed by atoms with Crippen LogP contribution in [0.4, 0.5) is 0 Å². The predicted octanol–water partition coefficient (Wildman–Crippen LogP) is 2.55. The fourth-order valence-electron chi connectivity index (χ4n) is 2.48. The van der Waals surface area contributed by atoms with Gasteiger partial charge in [0.15, 0.2) is 0 Å². The predicted molar refractivity (Wildman–Crippen MR) is 66.8 cm³/mol. The third-order valence-electron chi connectivity index (χ3n) is 3.47. The van der Waals surface area contributed by atoms with Gasteiger partial charge in [-0.15, -0.1) is 0 Å². The van der Waals surface area contributed by atoms with Crippen molar-refractivity contribution in [2.45, 2.75) is 39.2 Å². The fourth-order valence-corrected chi connectivity index (χ4v) is 2.48. The smallest absolute Gasteiger partial charge is 0.0965 e. The molecule has 0 spiro atoms. The van der Waals surface area contributed by atoms with E-state index in [-0.39, 0.29) is 0 Å². The number of aryl methyl sites for hydroxylation is 2. The first-order valence-corrected chi connectivity index (χ1v) is 6.36. The number of aliphatic hydroxyl groups is 1. The second-order valence-corrected chi connectivity index (χ2v) is 5.02. The standard InChI is InChI=1S/C14H21NO2/c1-10-7-11(2)14(15-9-10)13(16)8-12-3-5-17-6-4-12/h7,9,12-13,16H,3-6,8H2,1-2H3. The zero-order chi connectivity index (χ0) is 12.3. The summed E-state index contributed by atoms with van der Waals surface area (Å²) in [7, 11) is 0. The summed E-state index contributed by atoms with van der Waals surface area (Å²) >= 11 is 0. The van der Waals surface area contributed by atoms with Crippen LogP contribution < -0.4 is 0 Å². The number of pyridine rings is 1. The van der Waals surface area contributed by atoms with E-state index in [4.69, 9.17) is 4.74 Å². The van der Waals surface area contributed by atoms with Crippen molar-refractivity contribution in [1.29, 1.82) is 0 Å². The van der Waals surface area contributed by atoms with Gasteiger partial charge in [0.25, 0.3) is 0 Å². The van der Waals surface area contributed by atoms with Crippen LogP contribution in [0.2, 0.25) is 0 Å². The molecule has 17 heavy (non-hydrogen) atoms. The molecule has 0 aromatic carbocycles. The van der Waals surface area contributed by atoms with E-state index in [1.54, 1.807) is 0 Å². The van der Waals surface area contributed by atoms with Gasteiger partial charge in [-0.3, -0.25) is 4.98 Å². The van der Waals surface area contributed by atoms with Crippen LogP contribution in [0.25, 0.3) is 0 Å². The summed E-state index contributed by atoms with van der Waals surface area (Å²) in [6, 6.07) is 2.08. The Bertz CT molecular complexity index is 372. The highest BCUT2D eigenvalue weighted by molar-refractivity contribution is 5.24. The Morgan fingerprint density at radius 1 is 1.41 bits per heavy atom. The molecule has 1 N–H and O–H groups in total. The van der Waals surface area contributed by atoms with Gasteiger partial charge in [-0.1, -0.05) is 6.07 Å². The van der Waals surface area contributed by atoms with Crippen molar-refractivity contribution in [3.05, 3.63) is 29.1 Å². The van der Waals surface area contributed by atoms with Crippen LogP contribution >= 0.6 is 0 Å². The number of aromatic nitrogens is 1. The molecular weight excluding hydrogens is 214 g/mol. The molecule has 1 unspecified atom stereocenters. The maximum Gasteiger partial charge on any atom is 0.0965 e. The van der Waals surface area contributed by atoms with Gasteiger partial charge in [0.05, 0.1) is 11.8 Å². The minimum Gasteiger partial charge on any atom is -0.387 e. The largest absolute Gasteiger partial charge is 0.387 e. The van der Waals surface area contributed by atoms with E-state index in [2.05, 4.69) is 11.1 Å². The van der Waals surface area contributed by atoms with Crippen LogP contribution in [-0.4, -0.2) is 23.3 Å². The third kappa shape index (κ3) is 3.27. The summed E-state index contributed by atoms with van der Waals surface area (Å²) in [5.41, 5.74) is 3.07. The van der Waals surface area contributed by atoms with Crippen LogP contribution in [-0.2, 0) is 4.74 Å². The lowest BCUT2D eigenvalue weighted by molar-refractivity contribution is 0.0425. The lowest BCUT2D eigenvalue weighted by Crippen LogP contribution is -2.18. The molecule has 0 saturated carbocycles. The van der Waals surface area contributed by atoms with Gasteiger partial charge in [0.1, 0.15) is 0 Å². The third-order valence-corrected chi connectivity index (χ3v) is 3.47. The van der Waals surface area contributed by atoms with Gasteiger partial charge < -0.3 is 9.84 Å². The van der Waals surface area contributed by atoms with Gasteiger partial charge in [-0.05, 0) is 50.2 Å². The summed E-state index contributed by atoms with van der Waals surface area (Å²) in [6.45, 7) is 5.70. The molecule has 1 aromatic heterocycles. The molecule has 2 heterocycles. The van der Waals surface area contributed by atoms with Crippen molar-refractivity contribution < 1.29 is 9.84 Å². The summed E-state index contributed by atoms with van der Waals surface area (Å²) in [5.74, 6) is 0.571. The molecule has 0 amide bonds. The molecule has 0 aliphatic carbocycles. The van der Waals surface area contributed by atoms with E-state index < -0.39 is 6.10 Å². The lowest BCUT2D eigenvalue weighted by atomic mass is 9.91. The Kier molecular flexibility index (Phi) is 4.13. The van der Waals surface area contributed by atoms with Crippen molar-refractivity contribution in [2.24, 2.45) is 5.92 Å². The fraction of sp³-hybridized carbons (Fsp3) is 0.643. The molecule has 1 fully saturated rings. The average Bonchev–Trinajstić information content (AvgIpc) is 2.30. The Morgan fingerprint density at radius 3 is 2.76 bits per heavy atom. The molecule has 1 aromatic rings. The van der Waals surface area contributed by atoms with Gasteiger partial charge in [-0.25, -0.2) is 0 Å². The van der Waals surface area contributed by atoms with Crippen molar-refractivity contribution in [3.63, 3.8) is 0 Å². The number of rotatable bonds is 3. The highest BCUT2D eigenvalue weighted by Gasteiger charge is 2.20. The van der Waals surface area contributed by atoms with Crippen LogP contribution in [0, 0.1) is 19.8 Å². The Morgan fingerprint density at radius 2 is 2.12 bits per heavy atom. The van der Waals surface area contributed by atoms with Crippen LogP contribution in [0.3, 0.4) is 0 Å². The Labute approximate surface area is 103 Å². The minimum atomic E-state index is -0.432. The van der Waals surface area contributed by atoms with Crippen LogP contribution in [0.5, 0.6) is 0 Å². The first-order valence-electron chi connectivity index (χ1n) is 6.36. The van der Waals surface area contributed by atoms with E-state index in [9.17, 15) is 5.11 Å². The maximum absolute atomic E-state index is 10.2. The molecule has 0 radical (unpaired) electrons. The lowest BCUT2D eigenvalue weighted by Gasteiger charge is -2.24. The molecule has 0 bridgehead atoms. The highest BCUT2D eigenvalue weighted by atomic mass is 16.5. The topological polar surface area (TPSA) is 42.4 Å². The van der Waals surface area contributed by atoms with Gasteiger partial charge >= 0.3 is 0 Å². The molecule has 1 aliphatic heterocycles. The zero-order valence-electron chi connectivity index (χ0n) is 10.6. The Hall–Kier alpha value is -0.930. The maximum atomic E-state index is 10.2. The van der Waals surface area contributed by atoms with Gasteiger partial charge in [0.2, 0.25) is 0 Å². The quantitative estimate of drug-likeness (QED) is 0.875. The zero-order valence-corrected chi connectivity index (χ0v) is 10.6. The molecule has 94 valence electrons. The SMILES string of the molecule is Cc1cnc(C(O)CC2CCOCC2)c(C)c1. The van der Waals surface area contributed by atoms with Crippen molar-refractivity contribution in [2.75, 3.05) is 13.2 Å². The number of nitrogens with zero attached hydrogens (tertiary/aromatic N) is 1.